The minimum absolute atomic E-state index is 0. The van der Waals surface area contributed by atoms with Crippen LogP contribution in [-0.2, 0) is 6.54 Å². The van der Waals surface area contributed by atoms with Crippen molar-refractivity contribution in [2.24, 2.45) is 0 Å². The molecule has 0 fully saturated rings. The highest BCUT2D eigenvalue weighted by molar-refractivity contribution is 5.85. The van der Waals surface area contributed by atoms with Gasteiger partial charge in [0.2, 0.25) is 0 Å². The molecule has 0 radical (unpaired) electrons. The van der Waals surface area contributed by atoms with Gasteiger partial charge in [-0.3, -0.25) is 0 Å². The van der Waals surface area contributed by atoms with E-state index in [1.54, 1.807) is 0 Å². The number of terminal acetylenes is 1. The molecule has 0 aliphatic rings. The molecule has 0 bridgehead atoms. The number of hydrogen-bond donors (Lipinski definition) is 1. The largest absolute Gasteiger partial charge is 0.316 e. The third-order valence-electron chi connectivity index (χ3n) is 1.54. The first-order valence-electron chi connectivity index (χ1n) is 3.57. The van der Waals surface area contributed by atoms with Crippen molar-refractivity contribution in [3.63, 3.8) is 0 Å². The minimum Gasteiger partial charge on any atom is -0.316 e. The molecule has 0 atom stereocenters. The van der Waals surface area contributed by atoms with Gasteiger partial charge in [0, 0.05) is 12.1 Å². The fraction of sp³-hybridized carbons (Fsp3) is 0.200. The molecule has 0 spiro atoms. The highest BCUT2D eigenvalue weighted by Gasteiger charge is 1.94. The lowest BCUT2D eigenvalue weighted by atomic mass is 10.1. The SMILES string of the molecule is C#Cc1ccccc1CNC.Cl. The molecule has 1 aromatic rings. The van der Waals surface area contributed by atoms with E-state index < -0.39 is 0 Å². The maximum atomic E-state index is 5.30. The van der Waals surface area contributed by atoms with E-state index in [9.17, 15) is 0 Å². The van der Waals surface area contributed by atoms with E-state index >= 15 is 0 Å². The Balaban J connectivity index is 0.00000121. The molecule has 0 heterocycles. The van der Waals surface area contributed by atoms with Gasteiger partial charge in [-0.1, -0.05) is 24.1 Å². The summed E-state index contributed by atoms with van der Waals surface area (Å²) < 4.78 is 0. The molecule has 0 aromatic heterocycles. The Labute approximate surface area is 79.6 Å². The van der Waals surface area contributed by atoms with Crippen molar-refractivity contribution in [1.29, 1.82) is 0 Å². The Kier molecular flexibility index (Phi) is 5.19. The third kappa shape index (κ3) is 2.58. The average molecular weight is 182 g/mol. The Hall–Kier alpha value is -0.970. The van der Waals surface area contributed by atoms with Gasteiger partial charge in [0.1, 0.15) is 0 Å². The van der Waals surface area contributed by atoms with Gasteiger partial charge in [-0.2, -0.15) is 0 Å². The minimum atomic E-state index is 0. The second kappa shape index (κ2) is 5.65. The van der Waals surface area contributed by atoms with Crippen LogP contribution in [0.1, 0.15) is 11.1 Å². The first-order chi connectivity index (χ1) is 5.38. The van der Waals surface area contributed by atoms with Crippen LogP contribution in [0.25, 0.3) is 0 Å². The van der Waals surface area contributed by atoms with E-state index in [0.717, 1.165) is 12.1 Å². The molecule has 1 N–H and O–H groups in total. The summed E-state index contributed by atoms with van der Waals surface area (Å²) in [6.07, 6.45) is 5.30. The molecular weight excluding hydrogens is 170 g/mol. The predicted octanol–water partition coefficient (Wildman–Crippen LogP) is 1.81. The van der Waals surface area contributed by atoms with Crippen molar-refractivity contribution < 1.29 is 0 Å². The first-order valence-corrected chi connectivity index (χ1v) is 3.57. The molecule has 0 aliphatic carbocycles. The lowest BCUT2D eigenvalue weighted by Gasteiger charge is -2.01. The number of halogens is 1. The van der Waals surface area contributed by atoms with Crippen LogP contribution in [0.3, 0.4) is 0 Å². The second-order valence-corrected chi connectivity index (χ2v) is 2.33. The van der Waals surface area contributed by atoms with Crippen molar-refractivity contribution in [3.05, 3.63) is 35.4 Å². The Morgan fingerprint density at radius 3 is 2.67 bits per heavy atom. The Bertz CT molecular complexity index is 275. The lowest BCUT2D eigenvalue weighted by molar-refractivity contribution is 0.816. The maximum absolute atomic E-state index is 5.30. The fourth-order valence-electron chi connectivity index (χ4n) is 1.01. The van der Waals surface area contributed by atoms with Gasteiger partial charge in [-0.05, 0) is 18.7 Å². The molecule has 0 aliphatic heterocycles. The number of nitrogens with one attached hydrogen (secondary N) is 1. The van der Waals surface area contributed by atoms with E-state index in [4.69, 9.17) is 6.42 Å². The highest BCUT2D eigenvalue weighted by atomic mass is 35.5. The molecule has 2 heteroatoms. The average Bonchev–Trinajstić information content (AvgIpc) is 2.06. The van der Waals surface area contributed by atoms with E-state index in [2.05, 4.69) is 11.2 Å². The van der Waals surface area contributed by atoms with Crippen LogP contribution >= 0.6 is 12.4 Å². The van der Waals surface area contributed by atoms with Crippen molar-refractivity contribution in [3.8, 4) is 12.3 Å². The molecule has 1 nitrogen and oxygen atoms in total. The van der Waals surface area contributed by atoms with Gasteiger partial charge in [-0.25, -0.2) is 0 Å². The number of rotatable bonds is 2. The molecule has 0 unspecified atom stereocenters. The normalized spacial score (nSPS) is 8.33. The summed E-state index contributed by atoms with van der Waals surface area (Å²) in [4.78, 5) is 0. The van der Waals surface area contributed by atoms with Crippen LogP contribution in [-0.4, -0.2) is 7.05 Å². The third-order valence-corrected chi connectivity index (χ3v) is 1.54. The van der Waals surface area contributed by atoms with Crippen LogP contribution in [0.4, 0.5) is 0 Å². The molecule has 1 aromatic carbocycles. The predicted molar refractivity (Wildman–Crippen MR) is 54.4 cm³/mol. The van der Waals surface area contributed by atoms with Gasteiger partial charge in [0.05, 0.1) is 0 Å². The zero-order valence-corrected chi connectivity index (χ0v) is 7.82. The molecule has 0 saturated heterocycles. The van der Waals surface area contributed by atoms with Crippen molar-refractivity contribution in [2.75, 3.05) is 7.05 Å². The first kappa shape index (κ1) is 11.0. The molecule has 64 valence electrons. The van der Waals surface area contributed by atoms with Gasteiger partial charge in [0.25, 0.3) is 0 Å². The number of benzene rings is 1. The molecule has 12 heavy (non-hydrogen) atoms. The quantitative estimate of drug-likeness (QED) is 0.687. The van der Waals surface area contributed by atoms with Crippen molar-refractivity contribution >= 4 is 12.4 Å². The van der Waals surface area contributed by atoms with Crippen LogP contribution in [0.5, 0.6) is 0 Å². The van der Waals surface area contributed by atoms with E-state index in [0.29, 0.717) is 0 Å². The maximum Gasteiger partial charge on any atom is 0.0287 e. The highest BCUT2D eigenvalue weighted by Crippen LogP contribution is 2.05. The van der Waals surface area contributed by atoms with Crippen LogP contribution in [0.15, 0.2) is 24.3 Å². The van der Waals surface area contributed by atoms with E-state index in [1.165, 1.54) is 5.56 Å². The van der Waals surface area contributed by atoms with Crippen molar-refractivity contribution in [1.82, 2.24) is 5.32 Å². The summed E-state index contributed by atoms with van der Waals surface area (Å²) in [7, 11) is 1.91. The summed E-state index contributed by atoms with van der Waals surface area (Å²) in [5.74, 6) is 2.64. The lowest BCUT2D eigenvalue weighted by Crippen LogP contribution is -2.06. The van der Waals surface area contributed by atoms with Crippen LogP contribution < -0.4 is 5.32 Å². The Morgan fingerprint density at radius 2 is 2.08 bits per heavy atom. The summed E-state index contributed by atoms with van der Waals surface area (Å²) in [6.45, 7) is 0.834. The number of hydrogen-bond acceptors (Lipinski definition) is 1. The molecular formula is C10H12ClN. The summed E-state index contributed by atoms with van der Waals surface area (Å²) in [5, 5.41) is 3.06. The Morgan fingerprint density at radius 1 is 1.42 bits per heavy atom. The van der Waals surface area contributed by atoms with Gasteiger partial charge in [0.15, 0.2) is 0 Å². The molecule has 1 rings (SSSR count). The molecule has 0 amide bonds. The smallest absolute Gasteiger partial charge is 0.0287 e. The summed E-state index contributed by atoms with van der Waals surface area (Å²) in [6, 6.07) is 7.93. The monoisotopic (exact) mass is 181 g/mol. The van der Waals surface area contributed by atoms with Gasteiger partial charge >= 0.3 is 0 Å². The second-order valence-electron chi connectivity index (χ2n) is 2.33. The standard InChI is InChI=1S/C10H11N.ClH/c1-3-9-6-4-5-7-10(9)8-11-2;/h1,4-7,11H,8H2,2H3;1H. The summed E-state index contributed by atoms with van der Waals surface area (Å²) in [5.41, 5.74) is 2.15. The van der Waals surface area contributed by atoms with E-state index in [-0.39, 0.29) is 12.4 Å². The van der Waals surface area contributed by atoms with Crippen LogP contribution in [0.2, 0.25) is 0 Å². The summed E-state index contributed by atoms with van der Waals surface area (Å²) >= 11 is 0. The zero-order valence-electron chi connectivity index (χ0n) is 7.00. The fourth-order valence-corrected chi connectivity index (χ4v) is 1.01. The topological polar surface area (TPSA) is 12.0 Å². The van der Waals surface area contributed by atoms with Crippen molar-refractivity contribution in [2.45, 2.75) is 6.54 Å². The zero-order chi connectivity index (χ0) is 8.10. The van der Waals surface area contributed by atoms with Gasteiger partial charge < -0.3 is 5.32 Å². The van der Waals surface area contributed by atoms with E-state index in [1.807, 2.05) is 31.3 Å². The van der Waals surface area contributed by atoms with Gasteiger partial charge in [-0.15, -0.1) is 18.8 Å². The molecule has 0 saturated carbocycles. The van der Waals surface area contributed by atoms with Crippen LogP contribution in [0, 0.1) is 12.3 Å².